The lowest BCUT2D eigenvalue weighted by molar-refractivity contribution is -0.146. The van der Waals surface area contributed by atoms with E-state index < -0.39 is 18.5 Å². The quantitative estimate of drug-likeness (QED) is 0.537. The number of aromatic nitrogens is 1. The predicted molar refractivity (Wildman–Crippen MR) is 122 cm³/mol. The van der Waals surface area contributed by atoms with Gasteiger partial charge in [0.15, 0.2) is 6.61 Å². The van der Waals surface area contributed by atoms with Gasteiger partial charge in [-0.25, -0.2) is 4.98 Å². The van der Waals surface area contributed by atoms with E-state index in [4.69, 9.17) is 18.9 Å². The Morgan fingerprint density at radius 2 is 1.88 bits per heavy atom. The van der Waals surface area contributed by atoms with E-state index in [2.05, 4.69) is 15.2 Å². The number of morpholine rings is 1. The molecule has 1 N–H and O–H groups in total. The van der Waals surface area contributed by atoms with Crippen molar-refractivity contribution in [2.75, 3.05) is 56.3 Å². The molecule has 32 heavy (non-hydrogen) atoms. The number of hydrogen-bond acceptors (Lipinski definition) is 9. The molecule has 1 amide bonds. The monoisotopic (exact) mass is 463 g/mol. The maximum Gasteiger partial charge on any atom is 0.312 e. The van der Waals surface area contributed by atoms with Crippen molar-refractivity contribution in [2.24, 2.45) is 0 Å². The zero-order valence-corrected chi connectivity index (χ0v) is 19.5. The molecule has 0 spiro atoms. The van der Waals surface area contributed by atoms with Gasteiger partial charge in [0.25, 0.3) is 5.91 Å². The zero-order chi connectivity index (χ0) is 22.9. The molecule has 2 heterocycles. The molecule has 0 bridgehead atoms. The standard InChI is InChI=1S/C22H29N3O6S/c1-4-29-19-12-18(25-6-8-28-9-7-25)20(30-5-2)11-17(19)24-21(26)13-31-22(27)10-16-14-32-15(3)23-16/h11-12,14H,4-10,13H2,1-3H3,(H,24,26). The molecule has 9 nitrogen and oxygen atoms in total. The van der Waals surface area contributed by atoms with E-state index in [0.29, 0.717) is 49.3 Å². The Labute approximate surface area is 191 Å². The van der Waals surface area contributed by atoms with Gasteiger partial charge in [-0.1, -0.05) is 0 Å². The average molecular weight is 464 g/mol. The number of anilines is 2. The number of benzene rings is 1. The molecule has 1 fully saturated rings. The number of hydrogen-bond donors (Lipinski definition) is 1. The van der Waals surface area contributed by atoms with Crippen molar-refractivity contribution in [3.05, 3.63) is 28.2 Å². The molecule has 1 aliphatic rings. The zero-order valence-electron chi connectivity index (χ0n) is 18.6. The van der Waals surface area contributed by atoms with Crippen LogP contribution in [0.1, 0.15) is 24.5 Å². The molecule has 2 aromatic rings. The first kappa shape index (κ1) is 23.8. The van der Waals surface area contributed by atoms with Gasteiger partial charge in [-0.15, -0.1) is 11.3 Å². The number of aryl methyl sites for hydroxylation is 1. The van der Waals surface area contributed by atoms with Gasteiger partial charge < -0.3 is 29.2 Å². The second-order valence-corrected chi connectivity index (χ2v) is 8.09. The fourth-order valence-corrected chi connectivity index (χ4v) is 3.88. The van der Waals surface area contributed by atoms with Gasteiger partial charge in [0, 0.05) is 30.6 Å². The molecule has 1 aromatic carbocycles. The summed E-state index contributed by atoms with van der Waals surface area (Å²) in [5.74, 6) is 0.197. The first-order valence-corrected chi connectivity index (χ1v) is 11.5. The third-order valence-electron chi connectivity index (χ3n) is 4.64. The van der Waals surface area contributed by atoms with Crippen molar-refractivity contribution in [3.8, 4) is 11.5 Å². The molecule has 0 aliphatic carbocycles. The second kappa shape index (κ2) is 11.7. The number of esters is 1. The van der Waals surface area contributed by atoms with Gasteiger partial charge in [-0.3, -0.25) is 9.59 Å². The van der Waals surface area contributed by atoms with E-state index in [-0.39, 0.29) is 6.42 Å². The lowest BCUT2D eigenvalue weighted by atomic mass is 10.2. The molecule has 10 heteroatoms. The number of carbonyl (C=O) groups is 2. The van der Waals surface area contributed by atoms with Gasteiger partial charge >= 0.3 is 5.97 Å². The predicted octanol–water partition coefficient (Wildman–Crippen LogP) is 2.81. The molecule has 1 aromatic heterocycles. The summed E-state index contributed by atoms with van der Waals surface area (Å²) in [6.07, 6.45) is 0.0323. The van der Waals surface area contributed by atoms with Gasteiger partial charge in [0.05, 0.1) is 54.9 Å². The fourth-order valence-electron chi connectivity index (χ4n) is 3.26. The highest BCUT2D eigenvalue weighted by Crippen LogP contribution is 2.39. The van der Waals surface area contributed by atoms with E-state index in [1.165, 1.54) is 11.3 Å². The molecule has 0 saturated carbocycles. The minimum atomic E-state index is -0.506. The maximum atomic E-state index is 12.5. The normalized spacial score (nSPS) is 13.5. The van der Waals surface area contributed by atoms with Crippen LogP contribution >= 0.6 is 11.3 Å². The van der Waals surface area contributed by atoms with E-state index in [1.807, 2.05) is 26.8 Å². The summed E-state index contributed by atoms with van der Waals surface area (Å²) >= 11 is 1.46. The highest BCUT2D eigenvalue weighted by molar-refractivity contribution is 7.09. The fraction of sp³-hybridized carbons (Fsp3) is 0.500. The molecule has 0 unspecified atom stereocenters. The van der Waals surface area contributed by atoms with Crippen molar-refractivity contribution in [1.29, 1.82) is 0 Å². The van der Waals surface area contributed by atoms with Crippen LogP contribution in [0.15, 0.2) is 17.5 Å². The van der Waals surface area contributed by atoms with Crippen LogP contribution in [0.25, 0.3) is 0 Å². The number of nitrogens with one attached hydrogen (secondary N) is 1. The van der Waals surface area contributed by atoms with Crippen LogP contribution in [0.2, 0.25) is 0 Å². The molecule has 0 atom stereocenters. The smallest absolute Gasteiger partial charge is 0.312 e. The van der Waals surface area contributed by atoms with Gasteiger partial charge in [-0.05, 0) is 20.8 Å². The summed E-state index contributed by atoms with van der Waals surface area (Å²) in [6.45, 7) is 8.91. The van der Waals surface area contributed by atoms with E-state index >= 15 is 0 Å². The van der Waals surface area contributed by atoms with Crippen molar-refractivity contribution in [3.63, 3.8) is 0 Å². The van der Waals surface area contributed by atoms with E-state index in [0.717, 1.165) is 23.8 Å². The van der Waals surface area contributed by atoms with Gasteiger partial charge in [0.2, 0.25) is 0 Å². The summed E-state index contributed by atoms with van der Waals surface area (Å²) in [7, 11) is 0. The molecule has 1 aliphatic heterocycles. The number of carbonyl (C=O) groups excluding carboxylic acids is 2. The van der Waals surface area contributed by atoms with Crippen LogP contribution in [0, 0.1) is 6.92 Å². The van der Waals surface area contributed by atoms with Crippen LogP contribution in [0.3, 0.4) is 0 Å². The molecule has 174 valence electrons. The molecular formula is C22H29N3O6S. The van der Waals surface area contributed by atoms with Crippen molar-refractivity contribution >= 4 is 34.6 Å². The summed E-state index contributed by atoms with van der Waals surface area (Å²) in [5, 5.41) is 5.45. The number of rotatable bonds is 10. The maximum absolute atomic E-state index is 12.5. The average Bonchev–Trinajstić information content (AvgIpc) is 3.19. The van der Waals surface area contributed by atoms with Crippen molar-refractivity contribution < 1.29 is 28.5 Å². The van der Waals surface area contributed by atoms with Crippen LogP contribution in [0.5, 0.6) is 11.5 Å². The van der Waals surface area contributed by atoms with Gasteiger partial charge in [0.1, 0.15) is 11.5 Å². The highest BCUT2D eigenvalue weighted by atomic mass is 32.1. The Kier molecular flexibility index (Phi) is 8.69. The lowest BCUT2D eigenvalue weighted by Gasteiger charge is -2.31. The Bertz CT molecular complexity index is 926. The number of amides is 1. The number of nitrogens with zero attached hydrogens (tertiary/aromatic N) is 2. The lowest BCUT2D eigenvalue weighted by Crippen LogP contribution is -2.36. The van der Waals surface area contributed by atoms with Gasteiger partial charge in [-0.2, -0.15) is 0 Å². The van der Waals surface area contributed by atoms with Crippen LogP contribution < -0.4 is 19.7 Å². The van der Waals surface area contributed by atoms with E-state index in [1.54, 1.807) is 11.4 Å². The Morgan fingerprint density at radius 3 is 2.53 bits per heavy atom. The van der Waals surface area contributed by atoms with Crippen molar-refractivity contribution in [1.82, 2.24) is 4.98 Å². The number of ether oxygens (including phenoxy) is 4. The second-order valence-electron chi connectivity index (χ2n) is 7.03. The highest BCUT2D eigenvalue weighted by Gasteiger charge is 2.21. The SMILES string of the molecule is CCOc1cc(N2CCOCC2)c(OCC)cc1NC(=O)COC(=O)Cc1csc(C)n1. The van der Waals surface area contributed by atoms with E-state index in [9.17, 15) is 9.59 Å². The Balaban J connectivity index is 1.68. The first-order valence-electron chi connectivity index (χ1n) is 10.6. The molecular weight excluding hydrogens is 434 g/mol. The van der Waals surface area contributed by atoms with Crippen LogP contribution in [-0.2, 0) is 25.5 Å². The van der Waals surface area contributed by atoms with Crippen molar-refractivity contribution in [2.45, 2.75) is 27.2 Å². The number of thiazole rings is 1. The summed E-state index contributed by atoms with van der Waals surface area (Å²) < 4.78 is 22.1. The minimum Gasteiger partial charge on any atom is -0.492 e. The third-order valence-corrected chi connectivity index (χ3v) is 5.47. The van der Waals surface area contributed by atoms with Crippen LogP contribution in [0.4, 0.5) is 11.4 Å². The summed E-state index contributed by atoms with van der Waals surface area (Å²) in [4.78, 5) is 30.9. The molecule has 0 radical (unpaired) electrons. The Hall–Kier alpha value is -2.85. The summed E-state index contributed by atoms with van der Waals surface area (Å²) in [6, 6.07) is 3.61. The Morgan fingerprint density at radius 1 is 1.16 bits per heavy atom. The third kappa shape index (κ3) is 6.57. The topological polar surface area (TPSA) is 99.2 Å². The first-order chi connectivity index (χ1) is 15.5. The largest absolute Gasteiger partial charge is 0.492 e. The summed E-state index contributed by atoms with van der Waals surface area (Å²) in [5.41, 5.74) is 1.99. The van der Waals surface area contributed by atoms with Crippen LogP contribution in [-0.4, -0.2) is 63.0 Å². The molecule has 1 saturated heterocycles. The molecule has 3 rings (SSSR count). The minimum absolute atomic E-state index is 0.0323.